The van der Waals surface area contributed by atoms with Crippen LogP contribution in [0.2, 0.25) is 0 Å². The minimum Gasteiger partial charge on any atom is -0.492 e. The lowest BCUT2D eigenvalue weighted by atomic mass is 9.89. The number of piperidine rings is 1. The third-order valence-electron chi connectivity index (χ3n) is 6.27. The van der Waals surface area contributed by atoms with Crippen LogP contribution in [0.5, 0.6) is 11.5 Å². The van der Waals surface area contributed by atoms with Crippen LogP contribution in [0.1, 0.15) is 56.3 Å². The monoisotopic (exact) mass is 488 g/mol. The van der Waals surface area contributed by atoms with Crippen molar-refractivity contribution < 1.29 is 27.8 Å². The Kier molecular flexibility index (Phi) is 7.75. The number of ether oxygens (including phenoxy) is 2. The van der Waals surface area contributed by atoms with Crippen LogP contribution in [0.15, 0.2) is 41.3 Å². The molecule has 1 atom stereocenters. The van der Waals surface area contributed by atoms with E-state index in [4.69, 9.17) is 9.47 Å². The maximum absolute atomic E-state index is 13.1. The second-order valence-electron chi connectivity index (χ2n) is 8.62. The number of benzene rings is 2. The zero-order valence-corrected chi connectivity index (χ0v) is 20.3. The van der Waals surface area contributed by atoms with Gasteiger partial charge in [0.1, 0.15) is 11.5 Å². The van der Waals surface area contributed by atoms with E-state index in [1.54, 1.807) is 12.1 Å². The van der Waals surface area contributed by atoms with Crippen molar-refractivity contribution in [3.05, 3.63) is 47.5 Å². The first-order valence-corrected chi connectivity index (χ1v) is 13.3. The predicted octanol–water partition coefficient (Wildman–Crippen LogP) is 3.65. The highest BCUT2D eigenvalue weighted by Crippen LogP contribution is 2.35. The van der Waals surface area contributed by atoms with Gasteiger partial charge < -0.3 is 19.9 Å². The summed E-state index contributed by atoms with van der Waals surface area (Å²) in [5.41, 5.74) is 2.07. The second kappa shape index (κ2) is 10.8. The van der Waals surface area contributed by atoms with Crippen molar-refractivity contribution >= 4 is 21.6 Å². The zero-order valence-electron chi connectivity index (χ0n) is 19.5. The summed E-state index contributed by atoms with van der Waals surface area (Å²) in [6.45, 7) is 2.94. The topological polar surface area (TPSA) is 105 Å². The van der Waals surface area contributed by atoms with Gasteiger partial charge in [-0.05, 0) is 74.4 Å². The fourth-order valence-corrected chi connectivity index (χ4v) is 6.10. The average molecular weight is 489 g/mol. The standard InChI is InChI=1S/C25H32N2O6S/c1-2-32-24-13-12-18(34(30,31)27-14-4-3-5-15-27)16-21(24)26-25(29)17-33-23-11-7-8-19-20(23)9-6-10-22(19)28/h7-8,11-13,16,22,28H,2-6,9-10,14-15,17H2,1H3,(H,26,29)/t22-/m0/s1. The number of nitrogens with one attached hydrogen (secondary N) is 1. The first-order valence-electron chi connectivity index (χ1n) is 11.9. The van der Waals surface area contributed by atoms with Crippen LogP contribution in [0, 0.1) is 0 Å². The summed E-state index contributed by atoms with van der Waals surface area (Å²) in [7, 11) is -3.65. The molecule has 2 aromatic rings. The van der Waals surface area contributed by atoms with Crippen molar-refractivity contribution in [2.75, 3.05) is 31.6 Å². The van der Waals surface area contributed by atoms with Crippen molar-refractivity contribution in [3.63, 3.8) is 0 Å². The molecule has 1 fully saturated rings. The molecule has 2 aromatic carbocycles. The van der Waals surface area contributed by atoms with Crippen molar-refractivity contribution in [2.45, 2.75) is 56.4 Å². The third kappa shape index (κ3) is 5.37. The van der Waals surface area contributed by atoms with Crippen molar-refractivity contribution in [2.24, 2.45) is 0 Å². The summed E-state index contributed by atoms with van der Waals surface area (Å²) in [4.78, 5) is 12.9. The highest BCUT2D eigenvalue weighted by molar-refractivity contribution is 7.89. The molecule has 1 heterocycles. The van der Waals surface area contributed by atoms with Crippen LogP contribution in [-0.4, -0.2) is 50.0 Å². The van der Waals surface area contributed by atoms with Crippen LogP contribution >= 0.6 is 0 Å². The van der Waals surface area contributed by atoms with E-state index in [0.29, 0.717) is 43.3 Å². The fraction of sp³-hybridized carbons (Fsp3) is 0.480. The Labute approximate surface area is 200 Å². The Morgan fingerprint density at radius 1 is 1.09 bits per heavy atom. The summed E-state index contributed by atoms with van der Waals surface area (Å²) in [5, 5.41) is 13.0. The molecule has 0 bridgehead atoms. The van der Waals surface area contributed by atoms with Gasteiger partial charge in [-0.15, -0.1) is 0 Å². The first-order chi connectivity index (χ1) is 16.4. The number of aliphatic hydroxyl groups excluding tert-OH is 1. The molecule has 2 N–H and O–H groups in total. The minimum absolute atomic E-state index is 0.125. The number of rotatable bonds is 8. The maximum atomic E-state index is 13.1. The van der Waals surface area contributed by atoms with Gasteiger partial charge in [-0.25, -0.2) is 8.42 Å². The Morgan fingerprint density at radius 2 is 1.88 bits per heavy atom. The molecule has 9 heteroatoms. The van der Waals surface area contributed by atoms with E-state index in [0.717, 1.165) is 43.2 Å². The van der Waals surface area contributed by atoms with Crippen LogP contribution in [0.25, 0.3) is 0 Å². The fourth-order valence-electron chi connectivity index (χ4n) is 4.56. The average Bonchev–Trinajstić information content (AvgIpc) is 2.85. The molecular weight excluding hydrogens is 456 g/mol. The number of hydrogen-bond acceptors (Lipinski definition) is 6. The number of carbonyl (C=O) groups is 1. The number of anilines is 1. The van der Waals surface area contributed by atoms with Gasteiger partial charge in [-0.3, -0.25) is 4.79 Å². The van der Waals surface area contributed by atoms with Crippen LogP contribution in [0.4, 0.5) is 5.69 Å². The molecule has 0 spiro atoms. The largest absolute Gasteiger partial charge is 0.492 e. The summed E-state index contributed by atoms with van der Waals surface area (Å²) in [6, 6.07) is 10.0. The van der Waals surface area contributed by atoms with Gasteiger partial charge in [0.05, 0.1) is 23.3 Å². The number of fused-ring (bicyclic) bond motifs is 1. The van der Waals surface area contributed by atoms with E-state index in [9.17, 15) is 18.3 Å². The van der Waals surface area contributed by atoms with E-state index in [1.807, 2.05) is 19.1 Å². The molecule has 8 nitrogen and oxygen atoms in total. The van der Waals surface area contributed by atoms with Crippen LogP contribution < -0.4 is 14.8 Å². The van der Waals surface area contributed by atoms with Gasteiger partial charge >= 0.3 is 0 Å². The third-order valence-corrected chi connectivity index (χ3v) is 8.16. The highest BCUT2D eigenvalue weighted by Gasteiger charge is 2.27. The SMILES string of the molecule is CCOc1ccc(S(=O)(=O)N2CCCCC2)cc1NC(=O)COc1cccc2c1CCC[C@@H]2O. The van der Waals surface area contributed by atoms with E-state index in [1.165, 1.54) is 16.4 Å². The van der Waals surface area contributed by atoms with Gasteiger partial charge in [0.2, 0.25) is 10.0 Å². The van der Waals surface area contributed by atoms with Crippen molar-refractivity contribution in [3.8, 4) is 11.5 Å². The zero-order chi connectivity index (χ0) is 24.1. The minimum atomic E-state index is -3.65. The summed E-state index contributed by atoms with van der Waals surface area (Å²) < 4.78 is 39.1. The summed E-state index contributed by atoms with van der Waals surface area (Å²) >= 11 is 0. The molecule has 0 radical (unpaired) electrons. The highest BCUT2D eigenvalue weighted by atomic mass is 32.2. The molecule has 0 aromatic heterocycles. The van der Waals surface area contributed by atoms with Crippen molar-refractivity contribution in [1.82, 2.24) is 4.31 Å². The van der Waals surface area contributed by atoms with E-state index in [2.05, 4.69) is 5.32 Å². The molecule has 2 aliphatic rings. The molecular formula is C25H32N2O6S. The molecule has 4 rings (SSSR count). The van der Waals surface area contributed by atoms with Crippen LogP contribution in [0.3, 0.4) is 0 Å². The molecule has 0 saturated carbocycles. The number of sulfonamides is 1. The maximum Gasteiger partial charge on any atom is 0.262 e. The lowest BCUT2D eigenvalue weighted by Crippen LogP contribution is -2.35. The first kappa shape index (κ1) is 24.5. The predicted molar refractivity (Wildman–Crippen MR) is 129 cm³/mol. The van der Waals surface area contributed by atoms with Crippen molar-refractivity contribution in [1.29, 1.82) is 0 Å². The number of nitrogens with zero attached hydrogens (tertiary/aromatic N) is 1. The second-order valence-corrected chi connectivity index (χ2v) is 10.6. The van der Waals surface area contributed by atoms with E-state index < -0.39 is 22.0 Å². The molecule has 1 saturated heterocycles. The summed E-state index contributed by atoms with van der Waals surface area (Å²) in [6.07, 6.45) is 4.56. The Balaban J connectivity index is 1.49. The molecule has 1 amide bonds. The number of amides is 1. The Bertz CT molecular complexity index is 1130. The number of hydrogen-bond donors (Lipinski definition) is 2. The van der Waals surface area contributed by atoms with Gasteiger partial charge in [0.25, 0.3) is 5.91 Å². The Morgan fingerprint density at radius 3 is 2.65 bits per heavy atom. The van der Waals surface area contributed by atoms with Crippen LogP contribution in [-0.2, 0) is 21.2 Å². The molecule has 184 valence electrons. The lowest BCUT2D eigenvalue weighted by Gasteiger charge is -2.26. The van der Waals surface area contributed by atoms with Gasteiger partial charge in [0.15, 0.2) is 6.61 Å². The number of carbonyl (C=O) groups excluding carboxylic acids is 1. The Hall–Kier alpha value is -2.62. The van der Waals surface area contributed by atoms with E-state index >= 15 is 0 Å². The summed E-state index contributed by atoms with van der Waals surface area (Å²) in [5.74, 6) is 0.550. The quantitative estimate of drug-likeness (QED) is 0.588. The number of aliphatic hydroxyl groups is 1. The van der Waals surface area contributed by atoms with Gasteiger partial charge in [0, 0.05) is 13.1 Å². The smallest absolute Gasteiger partial charge is 0.262 e. The normalized spacial score (nSPS) is 18.7. The van der Waals surface area contributed by atoms with Gasteiger partial charge in [-0.1, -0.05) is 18.6 Å². The lowest BCUT2D eigenvalue weighted by molar-refractivity contribution is -0.118. The molecule has 0 unspecified atom stereocenters. The molecule has 1 aliphatic heterocycles. The molecule has 34 heavy (non-hydrogen) atoms. The van der Waals surface area contributed by atoms with Gasteiger partial charge in [-0.2, -0.15) is 4.31 Å². The molecule has 1 aliphatic carbocycles. The van der Waals surface area contributed by atoms with E-state index in [-0.39, 0.29) is 11.5 Å².